The lowest BCUT2D eigenvalue weighted by molar-refractivity contribution is -0.0499. The average Bonchev–Trinajstić information content (AvgIpc) is 2.58. The quantitative estimate of drug-likeness (QED) is 0.685. The van der Waals surface area contributed by atoms with Crippen molar-refractivity contribution in [1.29, 1.82) is 0 Å². The minimum Gasteiger partial charge on any atom is -0.390 e. The number of rotatable bonds is 1. The molecule has 3 aliphatic rings. The van der Waals surface area contributed by atoms with Gasteiger partial charge in [-0.3, -0.25) is 0 Å². The summed E-state index contributed by atoms with van der Waals surface area (Å²) >= 11 is 0. The van der Waals surface area contributed by atoms with Crippen molar-refractivity contribution >= 4 is 0 Å². The molecule has 17 heavy (non-hydrogen) atoms. The normalized spacial score (nSPS) is 56.9. The van der Waals surface area contributed by atoms with Crippen molar-refractivity contribution in [3.8, 4) is 0 Å². The third-order valence-electron chi connectivity index (χ3n) is 6.13. The van der Waals surface area contributed by atoms with Crippen LogP contribution in [0.1, 0.15) is 33.6 Å². The smallest absolute Gasteiger partial charge is 0.0870 e. The number of hydrogen-bond acceptors (Lipinski definition) is 2. The summed E-state index contributed by atoms with van der Waals surface area (Å²) in [6.45, 7) is 11.0. The molecule has 2 heteroatoms. The zero-order valence-corrected chi connectivity index (χ0v) is 11.1. The Morgan fingerprint density at radius 3 is 2.53 bits per heavy atom. The molecule has 3 aliphatic carbocycles. The van der Waals surface area contributed by atoms with E-state index in [1.54, 1.807) is 0 Å². The van der Waals surface area contributed by atoms with E-state index in [-0.39, 0.29) is 17.3 Å². The van der Waals surface area contributed by atoms with Crippen LogP contribution >= 0.6 is 0 Å². The highest BCUT2D eigenvalue weighted by Crippen LogP contribution is 2.69. The number of aliphatic hydroxyl groups is 2. The highest BCUT2D eigenvalue weighted by Gasteiger charge is 2.68. The molecule has 4 bridgehead atoms. The molecular formula is C15H24O2. The third-order valence-corrected chi connectivity index (χ3v) is 6.13. The first-order valence-electron chi connectivity index (χ1n) is 6.95. The van der Waals surface area contributed by atoms with Crippen molar-refractivity contribution in [3.05, 3.63) is 12.2 Å². The van der Waals surface area contributed by atoms with E-state index in [0.29, 0.717) is 17.8 Å². The fourth-order valence-electron chi connectivity index (χ4n) is 5.24. The fraction of sp³-hybridized carbons (Fsp3) is 0.867. The molecule has 0 spiro atoms. The van der Waals surface area contributed by atoms with Crippen molar-refractivity contribution in [2.24, 2.45) is 35.0 Å². The monoisotopic (exact) mass is 236 g/mol. The van der Waals surface area contributed by atoms with Gasteiger partial charge in [0, 0.05) is 11.8 Å². The van der Waals surface area contributed by atoms with Crippen LogP contribution in [0.15, 0.2) is 12.2 Å². The Kier molecular flexibility index (Phi) is 2.32. The van der Waals surface area contributed by atoms with E-state index in [0.717, 1.165) is 6.42 Å². The van der Waals surface area contributed by atoms with Gasteiger partial charge in [0.15, 0.2) is 0 Å². The Morgan fingerprint density at radius 2 is 1.94 bits per heavy atom. The first-order valence-corrected chi connectivity index (χ1v) is 6.95. The van der Waals surface area contributed by atoms with Gasteiger partial charge >= 0.3 is 0 Å². The average molecular weight is 236 g/mol. The molecule has 0 aromatic heterocycles. The molecule has 96 valence electrons. The van der Waals surface area contributed by atoms with Crippen molar-refractivity contribution in [2.45, 2.75) is 45.8 Å². The minimum absolute atomic E-state index is 0.0827. The zero-order valence-electron chi connectivity index (χ0n) is 11.1. The van der Waals surface area contributed by atoms with Crippen molar-refractivity contribution in [1.82, 2.24) is 0 Å². The van der Waals surface area contributed by atoms with E-state index in [4.69, 9.17) is 0 Å². The lowest BCUT2D eigenvalue weighted by atomic mass is 9.61. The molecular weight excluding hydrogens is 212 g/mol. The van der Waals surface area contributed by atoms with Crippen LogP contribution in [0.25, 0.3) is 0 Å². The Bertz CT molecular complexity index is 362. The number of aliphatic hydroxyl groups excluding tert-OH is 2. The van der Waals surface area contributed by atoms with Crippen LogP contribution in [-0.4, -0.2) is 22.4 Å². The maximum Gasteiger partial charge on any atom is 0.0870 e. The molecule has 0 unspecified atom stereocenters. The van der Waals surface area contributed by atoms with Gasteiger partial charge in [-0.1, -0.05) is 32.9 Å². The maximum atomic E-state index is 10.3. The molecule has 3 saturated carbocycles. The standard InChI is InChI=1S/C15H24O2/c1-7(2)9-5-6-15(4)8(3)10-11(9)12(15)14(17)13(10)16/h7,9-14,16-17H,3,5-6H2,1-2,4H3/t9-,10-,11+,12-,13-,14+,15+/m1/s1. The molecule has 0 saturated heterocycles. The van der Waals surface area contributed by atoms with Gasteiger partial charge in [-0.05, 0) is 36.0 Å². The first kappa shape index (κ1) is 11.7. The molecule has 0 aliphatic heterocycles. The molecule has 0 radical (unpaired) electrons. The summed E-state index contributed by atoms with van der Waals surface area (Å²) in [5.41, 5.74) is 1.30. The highest BCUT2D eigenvalue weighted by atomic mass is 16.3. The van der Waals surface area contributed by atoms with Gasteiger partial charge in [0.25, 0.3) is 0 Å². The molecule has 0 aromatic rings. The molecule has 2 N–H and O–H groups in total. The van der Waals surface area contributed by atoms with Crippen LogP contribution in [0.3, 0.4) is 0 Å². The summed E-state index contributed by atoms with van der Waals surface area (Å²) in [4.78, 5) is 0. The predicted molar refractivity (Wildman–Crippen MR) is 67.3 cm³/mol. The summed E-state index contributed by atoms with van der Waals surface area (Å²) in [6, 6.07) is 0. The van der Waals surface area contributed by atoms with E-state index in [1.165, 1.54) is 12.0 Å². The molecule has 0 amide bonds. The van der Waals surface area contributed by atoms with Gasteiger partial charge in [0.1, 0.15) is 0 Å². The van der Waals surface area contributed by atoms with Gasteiger partial charge in [-0.15, -0.1) is 0 Å². The summed E-state index contributed by atoms with van der Waals surface area (Å²) < 4.78 is 0. The van der Waals surface area contributed by atoms with E-state index in [9.17, 15) is 10.2 Å². The Hall–Kier alpha value is -0.340. The van der Waals surface area contributed by atoms with Crippen LogP contribution in [-0.2, 0) is 0 Å². The van der Waals surface area contributed by atoms with Crippen LogP contribution in [0.5, 0.6) is 0 Å². The second-order valence-corrected chi connectivity index (χ2v) is 7.00. The maximum absolute atomic E-state index is 10.3. The molecule has 3 fully saturated rings. The topological polar surface area (TPSA) is 40.5 Å². The van der Waals surface area contributed by atoms with Crippen molar-refractivity contribution in [3.63, 3.8) is 0 Å². The van der Waals surface area contributed by atoms with Crippen molar-refractivity contribution in [2.75, 3.05) is 0 Å². The van der Waals surface area contributed by atoms with Gasteiger partial charge in [0.05, 0.1) is 12.2 Å². The van der Waals surface area contributed by atoms with Crippen molar-refractivity contribution < 1.29 is 10.2 Å². The van der Waals surface area contributed by atoms with Gasteiger partial charge in [0.2, 0.25) is 0 Å². The van der Waals surface area contributed by atoms with Gasteiger partial charge in [-0.25, -0.2) is 0 Å². The molecule has 7 atom stereocenters. The second-order valence-electron chi connectivity index (χ2n) is 7.00. The van der Waals surface area contributed by atoms with E-state index in [1.807, 2.05) is 0 Å². The lowest BCUT2D eigenvalue weighted by Gasteiger charge is -2.45. The SMILES string of the molecule is C=C1[C@H]2[C@@H](O)[C@@H](O)[C@H]3[C@H]2[C@@H](C(C)C)CC[C@@]13C. The van der Waals surface area contributed by atoms with E-state index in [2.05, 4.69) is 27.4 Å². The summed E-state index contributed by atoms with van der Waals surface area (Å²) in [5.74, 6) is 2.14. The van der Waals surface area contributed by atoms with Gasteiger partial charge in [-0.2, -0.15) is 0 Å². The summed E-state index contributed by atoms with van der Waals surface area (Å²) in [5, 5.41) is 20.5. The zero-order chi connectivity index (χ0) is 12.5. The Morgan fingerprint density at radius 1 is 1.29 bits per heavy atom. The number of hydrogen-bond donors (Lipinski definition) is 2. The second kappa shape index (κ2) is 3.36. The first-order chi connectivity index (χ1) is 7.89. The minimum atomic E-state index is -0.565. The Labute approximate surface area is 104 Å². The molecule has 0 aromatic carbocycles. The molecule has 0 heterocycles. The van der Waals surface area contributed by atoms with Gasteiger partial charge < -0.3 is 10.2 Å². The van der Waals surface area contributed by atoms with Crippen LogP contribution in [0.2, 0.25) is 0 Å². The molecule has 3 rings (SSSR count). The van der Waals surface area contributed by atoms with Crippen LogP contribution in [0, 0.1) is 35.0 Å². The molecule has 2 nitrogen and oxygen atoms in total. The predicted octanol–water partition coefficient (Wildman–Crippen LogP) is 2.21. The summed E-state index contributed by atoms with van der Waals surface area (Å²) in [6.07, 6.45) is 1.27. The largest absolute Gasteiger partial charge is 0.390 e. The van der Waals surface area contributed by atoms with Crippen LogP contribution < -0.4 is 0 Å². The highest BCUT2D eigenvalue weighted by molar-refractivity contribution is 5.33. The lowest BCUT2D eigenvalue weighted by Crippen LogP contribution is -2.45. The van der Waals surface area contributed by atoms with E-state index < -0.39 is 12.2 Å². The van der Waals surface area contributed by atoms with Crippen LogP contribution in [0.4, 0.5) is 0 Å². The van der Waals surface area contributed by atoms with E-state index >= 15 is 0 Å². The summed E-state index contributed by atoms with van der Waals surface area (Å²) in [7, 11) is 0. The Balaban J connectivity index is 2.06. The third kappa shape index (κ3) is 1.18. The fourth-order valence-corrected chi connectivity index (χ4v) is 5.24.